The lowest BCUT2D eigenvalue weighted by Crippen LogP contribution is -1.96. The maximum atomic E-state index is 13.2. The first-order valence-corrected chi connectivity index (χ1v) is 4.44. The number of rotatable bonds is 1. The summed E-state index contributed by atoms with van der Waals surface area (Å²) in [5.74, 6) is -0.643. The molecule has 0 aliphatic heterocycles. The van der Waals surface area contributed by atoms with Crippen molar-refractivity contribution < 1.29 is 9.18 Å². The van der Waals surface area contributed by atoms with Crippen LogP contribution in [0.15, 0.2) is 12.1 Å². The summed E-state index contributed by atoms with van der Waals surface area (Å²) in [5, 5.41) is 8.76. The quantitative estimate of drug-likeness (QED) is 0.633. The van der Waals surface area contributed by atoms with E-state index in [1.54, 1.807) is 6.07 Å². The molecule has 0 N–H and O–H groups in total. The van der Waals surface area contributed by atoms with E-state index < -0.39 is 5.82 Å². The van der Waals surface area contributed by atoms with Crippen molar-refractivity contribution in [1.29, 1.82) is 5.26 Å². The van der Waals surface area contributed by atoms with E-state index >= 15 is 0 Å². The molecular weight excluding hydrogens is 181 g/mol. The molecule has 0 bridgehead atoms. The standard InChI is InChI=1S/C11H8FNO/c12-11-4-3-8-7(6-14)1-2-9(8)10(11)5-13/h3-4,6-7H,1-2H2. The summed E-state index contributed by atoms with van der Waals surface area (Å²) in [5.41, 5.74) is 1.63. The van der Waals surface area contributed by atoms with Crippen LogP contribution in [0, 0.1) is 17.1 Å². The fraction of sp³-hybridized carbons (Fsp3) is 0.273. The molecule has 2 rings (SSSR count). The smallest absolute Gasteiger partial charge is 0.141 e. The Morgan fingerprint density at radius 3 is 3.00 bits per heavy atom. The van der Waals surface area contributed by atoms with Crippen LogP contribution >= 0.6 is 0 Å². The van der Waals surface area contributed by atoms with Crippen LogP contribution in [-0.4, -0.2) is 6.29 Å². The largest absolute Gasteiger partial charge is 0.303 e. The van der Waals surface area contributed by atoms with Crippen LogP contribution in [0.3, 0.4) is 0 Å². The molecule has 1 aromatic rings. The third-order valence-electron chi connectivity index (χ3n) is 2.68. The summed E-state index contributed by atoms with van der Waals surface area (Å²) >= 11 is 0. The van der Waals surface area contributed by atoms with Gasteiger partial charge in [0.25, 0.3) is 0 Å². The third-order valence-corrected chi connectivity index (χ3v) is 2.68. The molecule has 1 aliphatic rings. The summed E-state index contributed by atoms with van der Waals surface area (Å²) in [6.07, 6.45) is 2.18. The highest BCUT2D eigenvalue weighted by Crippen LogP contribution is 2.34. The molecule has 0 fully saturated rings. The van der Waals surface area contributed by atoms with E-state index in [4.69, 9.17) is 5.26 Å². The third kappa shape index (κ3) is 1.12. The van der Waals surface area contributed by atoms with Gasteiger partial charge >= 0.3 is 0 Å². The Morgan fingerprint density at radius 1 is 1.57 bits per heavy atom. The van der Waals surface area contributed by atoms with E-state index in [2.05, 4.69) is 0 Å². The second-order valence-corrected chi connectivity index (χ2v) is 3.38. The highest BCUT2D eigenvalue weighted by molar-refractivity contribution is 5.66. The fourth-order valence-electron chi connectivity index (χ4n) is 1.97. The van der Waals surface area contributed by atoms with Crippen molar-refractivity contribution in [2.24, 2.45) is 0 Å². The molecule has 1 unspecified atom stereocenters. The Bertz CT molecular complexity index is 434. The second kappa shape index (κ2) is 3.22. The molecule has 0 aromatic heterocycles. The summed E-state index contributed by atoms with van der Waals surface area (Å²) in [6, 6.07) is 4.72. The molecule has 70 valence electrons. The van der Waals surface area contributed by atoms with Crippen molar-refractivity contribution in [3.63, 3.8) is 0 Å². The van der Waals surface area contributed by atoms with Crippen molar-refractivity contribution in [3.8, 4) is 6.07 Å². The number of aldehydes is 1. The molecule has 0 heterocycles. The molecule has 0 radical (unpaired) electrons. The van der Waals surface area contributed by atoms with Gasteiger partial charge in [0.05, 0.1) is 5.56 Å². The van der Waals surface area contributed by atoms with Crippen molar-refractivity contribution in [2.45, 2.75) is 18.8 Å². The Hall–Kier alpha value is -1.69. The van der Waals surface area contributed by atoms with Gasteiger partial charge < -0.3 is 4.79 Å². The second-order valence-electron chi connectivity index (χ2n) is 3.38. The summed E-state index contributed by atoms with van der Waals surface area (Å²) in [4.78, 5) is 10.7. The zero-order chi connectivity index (χ0) is 10.1. The first-order valence-electron chi connectivity index (χ1n) is 4.44. The predicted molar refractivity (Wildman–Crippen MR) is 48.2 cm³/mol. The van der Waals surface area contributed by atoms with Crippen LogP contribution in [0.1, 0.15) is 29.0 Å². The van der Waals surface area contributed by atoms with Gasteiger partial charge in [-0.3, -0.25) is 0 Å². The van der Waals surface area contributed by atoms with Gasteiger partial charge in [-0.25, -0.2) is 4.39 Å². The fourth-order valence-corrected chi connectivity index (χ4v) is 1.97. The molecule has 14 heavy (non-hydrogen) atoms. The van der Waals surface area contributed by atoms with Gasteiger partial charge in [0, 0.05) is 5.92 Å². The van der Waals surface area contributed by atoms with Crippen LogP contribution in [0.25, 0.3) is 0 Å². The highest BCUT2D eigenvalue weighted by atomic mass is 19.1. The molecular formula is C11H8FNO. The van der Waals surface area contributed by atoms with E-state index in [9.17, 15) is 9.18 Å². The zero-order valence-electron chi connectivity index (χ0n) is 7.46. The average Bonchev–Trinajstić information content (AvgIpc) is 2.60. The predicted octanol–water partition coefficient (Wildman–Crippen LogP) is 1.93. The number of hydrogen-bond acceptors (Lipinski definition) is 2. The number of hydrogen-bond donors (Lipinski definition) is 0. The van der Waals surface area contributed by atoms with E-state index in [1.807, 2.05) is 6.07 Å². The molecule has 1 atom stereocenters. The van der Waals surface area contributed by atoms with Gasteiger partial charge in [-0.1, -0.05) is 6.07 Å². The topological polar surface area (TPSA) is 40.9 Å². The number of benzene rings is 1. The van der Waals surface area contributed by atoms with Crippen molar-refractivity contribution in [2.75, 3.05) is 0 Å². The van der Waals surface area contributed by atoms with Gasteiger partial charge in [-0.15, -0.1) is 0 Å². The monoisotopic (exact) mass is 189 g/mol. The number of halogens is 1. The SMILES string of the molecule is N#Cc1c(F)ccc2c1CCC2C=O. The lowest BCUT2D eigenvalue weighted by atomic mass is 10.00. The van der Waals surface area contributed by atoms with Crippen molar-refractivity contribution in [1.82, 2.24) is 0 Å². The van der Waals surface area contributed by atoms with Crippen LogP contribution in [-0.2, 0) is 11.2 Å². The lowest BCUT2D eigenvalue weighted by molar-refractivity contribution is -0.109. The number of carbonyl (C=O) groups is 1. The minimum Gasteiger partial charge on any atom is -0.303 e. The van der Waals surface area contributed by atoms with Gasteiger partial charge in [-0.2, -0.15) is 5.26 Å². The molecule has 2 nitrogen and oxygen atoms in total. The molecule has 0 amide bonds. The summed E-state index contributed by atoms with van der Waals surface area (Å²) < 4.78 is 13.2. The number of nitriles is 1. The van der Waals surface area contributed by atoms with Crippen LogP contribution in [0.2, 0.25) is 0 Å². The lowest BCUT2D eigenvalue weighted by Gasteiger charge is -2.04. The van der Waals surface area contributed by atoms with Crippen LogP contribution in [0.5, 0.6) is 0 Å². The number of nitrogens with zero attached hydrogens (tertiary/aromatic N) is 1. The van der Waals surface area contributed by atoms with Gasteiger partial charge in [0.1, 0.15) is 18.2 Å². The number of carbonyl (C=O) groups excluding carboxylic acids is 1. The Balaban J connectivity index is 2.62. The normalized spacial score (nSPS) is 18.7. The number of fused-ring (bicyclic) bond motifs is 1. The van der Waals surface area contributed by atoms with Crippen molar-refractivity contribution in [3.05, 3.63) is 34.6 Å². The zero-order valence-corrected chi connectivity index (χ0v) is 7.46. The molecule has 1 aliphatic carbocycles. The Labute approximate surface area is 81.0 Å². The minimum atomic E-state index is -0.488. The minimum absolute atomic E-state index is 0.104. The molecule has 0 saturated carbocycles. The van der Waals surface area contributed by atoms with Crippen molar-refractivity contribution >= 4 is 6.29 Å². The van der Waals surface area contributed by atoms with E-state index in [-0.39, 0.29) is 11.5 Å². The first kappa shape index (κ1) is 8.89. The van der Waals surface area contributed by atoms with E-state index in [0.717, 1.165) is 11.8 Å². The molecule has 1 aromatic carbocycles. The van der Waals surface area contributed by atoms with Crippen LogP contribution < -0.4 is 0 Å². The maximum Gasteiger partial charge on any atom is 0.141 e. The highest BCUT2D eigenvalue weighted by Gasteiger charge is 2.25. The Kier molecular flexibility index (Phi) is 2.05. The first-order chi connectivity index (χ1) is 6.77. The van der Waals surface area contributed by atoms with E-state index in [0.29, 0.717) is 18.4 Å². The Morgan fingerprint density at radius 2 is 2.36 bits per heavy atom. The summed E-state index contributed by atoms with van der Waals surface area (Å²) in [7, 11) is 0. The van der Waals surface area contributed by atoms with Crippen LogP contribution in [0.4, 0.5) is 4.39 Å². The molecule has 0 saturated heterocycles. The maximum absolute atomic E-state index is 13.2. The molecule has 3 heteroatoms. The van der Waals surface area contributed by atoms with E-state index in [1.165, 1.54) is 6.07 Å². The van der Waals surface area contributed by atoms with Gasteiger partial charge in [0.2, 0.25) is 0 Å². The van der Waals surface area contributed by atoms with Gasteiger partial charge in [-0.05, 0) is 30.0 Å². The van der Waals surface area contributed by atoms with Gasteiger partial charge in [0.15, 0.2) is 0 Å². The molecule has 0 spiro atoms. The summed E-state index contributed by atoms with van der Waals surface area (Å²) in [6.45, 7) is 0. The average molecular weight is 189 g/mol.